The maximum atomic E-state index is 12.5. The molecule has 158 valence electrons. The summed E-state index contributed by atoms with van der Waals surface area (Å²) in [4.78, 5) is 30.2. The Hall–Kier alpha value is -2.61. The molecule has 0 bridgehead atoms. The summed E-state index contributed by atoms with van der Waals surface area (Å²) >= 11 is 0. The molecular formula is C21H31N5O3. The Balaban J connectivity index is 1.56. The summed E-state index contributed by atoms with van der Waals surface area (Å²) in [6, 6.07) is 7.73. The maximum Gasteiger partial charge on any atom is 0.254 e. The summed E-state index contributed by atoms with van der Waals surface area (Å²) in [6.45, 7) is 4.46. The maximum absolute atomic E-state index is 12.5. The van der Waals surface area contributed by atoms with Crippen molar-refractivity contribution in [3.63, 3.8) is 0 Å². The van der Waals surface area contributed by atoms with E-state index in [9.17, 15) is 14.7 Å². The second-order valence-corrected chi connectivity index (χ2v) is 7.62. The van der Waals surface area contributed by atoms with Gasteiger partial charge >= 0.3 is 0 Å². The third-order valence-corrected chi connectivity index (χ3v) is 5.33. The molecule has 4 N–H and O–H groups in total. The summed E-state index contributed by atoms with van der Waals surface area (Å²) in [5.74, 6) is 0.532. The molecule has 2 amide bonds. The number of hydrogen-bond acceptors (Lipinski definition) is 4. The number of nitrogens with zero attached hydrogens (tertiary/aromatic N) is 2. The van der Waals surface area contributed by atoms with Crippen molar-refractivity contribution in [3.8, 4) is 0 Å². The van der Waals surface area contributed by atoms with Crippen LogP contribution in [-0.4, -0.2) is 66.1 Å². The lowest BCUT2D eigenvalue weighted by Gasteiger charge is -2.27. The molecule has 1 aromatic carbocycles. The highest BCUT2D eigenvalue weighted by Crippen LogP contribution is 2.18. The molecule has 8 nitrogen and oxygen atoms in total. The largest absolute Gasteiger partial charge is 0.393 e. The number of rotatable bonds is 5. The number of nitrogens with one attached hydrogen (secondary N) is 3. The van der Waals surface area contributed by atoms with Crippen LogP contribution in [0.2, 0.25) is 0 Å². The first kappa shape index (κ1) is 21.1. The molecular weight excluding hydrogens is 370 g/mol. The van der Waals surface area contributed by atoms with Gasteiger partial charge in [-0.3, -0.25) is 9.59 Å². The number of aliphatic hydroxyl groups excluding tert-OH is 1. The first-order valence-corrected chi connectivity index (χ1v) is 10.4. The van der Waals surface area contributed by atoms with Crippen molar-refractivity contribution in [2.24, 2.45) is 4.99 Å². The van der Waals surface area contributed by atoms with E-state index in [1.807, 2.05) is 19.1 Å². The zero-order chi connectivity index (χ0) is 20.6. The zero-order valence-corrected chi connectivity index (χ0v) is 17.0. The normalized spacial score (nSPS) is 22.8. The molecule has 1 aliphatic carbocycles. The van der Waals surface area contributed by atoms with Gasteiger partial charge in [0.15, 0.2) is 5.96 Å². The predicted octanol–water partition coefficient (Wildman–Crippen LogP) is 0.617. The number of aliphatic hydroxyl groups is 1. The molecule has 29 heavy (non-hydrogen) atoms. The van der Waals surface area contributed by atoms with Crippen LogP contribution in [0.25, 0.3) is 0 Å². The highest BCUT2D eigenvalue weighted by atomic mass is 16.3. The molecule has 0 spiro atoms. The third-order valence-electron chi connectivity index (χ3n) is 5.33. The molecule has 1 saturated carbocycles. The minimum absolute atomic E-state index is 0.112. The number of benzene rings is 1. The van der Waals surface area contributed by atoms with Crippen LogP contribution in [0, 0.1) is 0 Å². The topological polar surface area (TPSA) is 106 Å². The van der Waals surface area contributed by atoms with E-state index in [-0.39, 0.29) is 24.5 Å². The molecule has 3 rings (SSSR count). The number of carbonyl (C=O) groups excluding carboxylic acids is 2. The van der Waals surface area contributed by atoms with Gasteiger partial charge in [0.05, 0.1) is 19.2 Å². The van der Waals surface area contributed by atoms with E-state index in [0.29, 0.717) is 31.2 Å². The van der Waals surface area contributed by atoms with Crippen LogP contribution in [0.15, 0.2) is 29.3 Å². The second kappa shape index (κ2) is 10.2. The molecule has 1 aromatic rings. The minimum atomic E-state index is -0.173. The minimum Gasteiger partial charge on any atom is -0.393 e. The van der Waals surface area contributed by atoms with Crippen LogP contribution < -0.4 is 16.0 Å². The van der Waals surface area contributed by atoms with E-state index in [1.165, 1.54) is 0 Å². The summed E-state index contributed by atoms with van der Waals surface area (Å²) in [6.07, 6.45) is 3.36. The summed E-state index contributed by atoms with van der Waals surface area (Å²) in [5, 5.41) is 19.1. The van der Waals surface area contributed by atoms with Crippen molar-refractivity contribution >= 4 is 17.8 Å². The molecule has 1 aliphatic heterocycles. The van der Waals surface area contributed by atoms with Gasteiger partial charge in [0, 0.05) is 31.2 Å². The van der Waals surface area contributed by atoms with Gasteiger partial charge in [-0.2, -0.15) is 0 Å². The molecule has 1 heterocycles. The lowest BCUT2D eigenvalue weighted by Crippen LogP contribution is -2.49. The van der Waals surface area contributed by atoms with Crippen LogP contribution in [0.1, 0.15) is 48.5 Å². The number of hydrogen-bond donors (Lipinski definition) is 4. The van der Waals surface area contributed by atoms with Crippen molar-refractivity contribution in [1.82, 2.24) is 20.9 Å². The second-order valence-electron chi connectivity index (χ2n) is 7.62. The number of amides is 2. The van der Waals surface area contributed by atoms with E-state index in [4.69, 9.17) is 0 Å². The van der Waals surface area contributed by atoms with Gasteiger partial charge in [-0.15, -0.1) is 0 Å². The molecule has 0 radical (unpaired) electrons. The predicted molar refractivity (Wildman–Crippen MR) is 112 cm³/mol. The van der Waals surface area contributed by atoms with Crippen LogP contribution in [0.4, 0.5) is 0 Å². The zero-order valence-electron chi connectivity index (χ0n) is 17.0. The van der Waals surface area contributed by atoms with Gasteiger partial charge in [0.1, 0.15) is 0 Å². The van der Waals surface area contributed by atoms with E-state index in [2.05, 4.69) is 20.9 Å². The fourth-order valence-electron chi connectivity index (χ4n) is 3.65. The van der Waals surface area contributed by atoms with Crippen molar-refractivity contribution in [1.29, 1.82) is 0 Å². The molecule has 8 heteroatoms. The molecule has 0 atom stereocenters. The highest BCUT2D eigenvalue weighted by Gasteiger charge is 2.22. The molecule has 2 aliphatic rings. The first-order valence-electron chi connectivity index (χ1n) is 10.4. The van der Waals surface area contributed by atoms with Crippen LogP contribution in [0.3, 0.4) is 0 Å². The van der Waals surface area contributed by atoms with Gasteiger partial charge in [0.25, 0.3) is 5.91 Å². The van der Waals surface area contributed by atoms with Gasteiger partial charge in [-0.1, -0.05) is 12.1 Å². The number of aliphatic imine (C=N–C) groups is 1. The Kier molecular flexibility index (Phi) is 7.46. The molecule has 0 unspecified atom stereocenters. The first-order chi connectivity index (χ1) is 14.0. The Morgan fingerprint density at radius 1 is 1.24 bits per heavy atom. The average Bonchev–Trinajstić information content (AvgIpc) is 2.73. The van der Waals surface area contributed by atoms with Crippen molar-refractivity contribution in [3.05, 3.63) is 35.4 Å². The SMILES string of the molecule is CCNC(=NCc1ccc(C(=O)N2CCNC(=O)C2)cc1)NC1CCC(O)CC1. The fraction of sp³-hybridized carbons (Fsp3) is 0.571. The average molecular weight is 402 g/mol. The van der Waals surface area contributed by atoms with Gasteiger partial charge in [-0.25, -0.2) is 4.99 Å². The quantitative estimate of drug-likeness (QED) is 0.428. The van der Waals surface area contributed by atoms with Crippen molar-refractivity contribution < 1.29 is 14.7 Å². The van der Waals surface area contributed by atoms with Crippen LogP contribution >= 0.6 is 0 Å². The lowest BCUT2D eigenvalue weighted by molar-refractivity contribution is -0.123. The van der Waals surface area contributed by atoms with Crippen molar-refractivity contribution in [2.75, 3.05) is 26.2 Å². The summed E-state index contributed by atoms with van der Waals surface area (Å²) < 4.78 is 0. The van der Waals surface area contributed by atoms with E-state index in [0.717, 1.165) is 43.8 Å². The van der Waals surface area contributed by atoms with Crippen molar-refractivity contribution in [2.45, 2.75) is 51.3 Å². The molecule has 1 saturated heterocycles. The fourth-order valence-corrected chi connectivity index (χ4v) is 3.65. The smallest absolute Gasteiger partial charge is 0.254 e. The van der Waals surface area contributed by atoms with Gasteiger partial charge < -0.3 is 26.0 Å². The summed E-state index contributed by atoms with van der Waals surface area (Å²) in [7, 11) is 0. The van der Waals surface area contributed by atoms with E-state index >= 15 is 0 Å². The molecule has 0 aromatic heterocycles. The summed E-state index contributed by atoms with van der Waals surface area (Å²) in [5.41, 5.74) is 1.59. The monoisotopic (exact) mass is 401 g/mol. The van der Waals surface area contributed by atoms with Gasteiger partial charge in [0.2, 0.25) is 5.91 Å². The lowest BCUT2D eigenvalue weighted by atomic mass is 9.93. The Labute approximate surface area is 171 Å². The van der Waals surface area contributed by atoms with Crippen LogP contribution in [0.5, 0.6) is 0 Å². The highest BCUT2D eigenvalue weighted by molar-refractivity contribution is 5.97. The number of piperazine rings is 1. The van der Waals surface area contributed by atoms with E-state index in [1.54, 1.807) is 17.0 Å². The Morgan fingerprint density at radius 3 is 2.62 bits per heavy atom. The van der Waals surface area contributed by atoms with Gasteiger partial charge in [-0.05, 0) is 50.3 Å². The van der Waals surface area contributed by atoms with Crippen LogP contribution in [-0.2, 0) is 11.3 Å². The molecule has 2 fully saturated rings. The van der Waals surface area contributed by atoms with E-state index < -0.39 is 0 Å². The Morgan fingerprint density at radius 2 is 1.97 bits per heavy atom. The third kappa shape index (κ3) is 6.19. The number of carbonyl (C=O) groups is 2. The standard InChI is InChI=1S/C21H31N5O3/c1-2-22-21(25-17-7-9-18(27)10-8-17)24-13-15-3-5-16(6-4-15)20(29)26-12-11-23-19(28)14-26/h3-6,17-18,27H,2,7-14H2,1H3,(H,23,28)(H2,22,24,25). The number of guanidine groups is 1. The Bertz CT molecular complexity index is 726.